The molecule has 1 aromatic rings. The molecule has 0 aromatic heterocycles. The van der Waals surface area contributed by atoms with Gasteiger partial charge < -0.3 is 0 Å². The van der Waals surface area contributed by atoms with E-state index in [9.17, 15) is 25.5 Å². The lowest BCUT2D eigenvalue weighted by atomic mass is 10.2. The van der Waals surface area contributed by atoms with Gasteiger partial charge in [-0.2, -0.15) is 21.6 Å². The zero-order valence-electron chi connectivity index (χ0n) is 6.85. The maximum absolute atomic E-state index is 12.4. The molecule has 0 N–H and O–H groups in total. The summed E-state index contributed by atoms with van der Waals surface area (Å²) >= 11 is 2.60. The summed E-state index contributed by atoms with van der Waals surface area (Å²) in [7, 11) is -5.12. The number of halogens is 5. The van der Waals surface area contributed by atoms with Crippen molar-refractivity contribution in [3.8, 4) is 0 Å². The average Bonchev–Trinajstić information content (AvgIpc) is 2.00. The minimum atomic E-state index is -5.12. The SMILES string of the molecule is O=S(=O)(F)c1ccc(Br)c(C(F)(F)F)c1. The second-order valence-electron chi connectivity index (χ2n) is 2.58. The predicted octanol–water partition coefficient (Wildman–Crippen LogP) is 3.13. The standard InChI is InChI=1S/C7H3BrF4O2S/c8-6-2-1-4(15(12,13)14)3-5(6)7(9,10)11/h1-3H. The smallest absolute Gasteiger partial charge is 0.189 e. The van der Waals surface area contributed by atoms with E-state index in [0.29, 0.717) is 0 Å². The van der Waals surface area contributed by atoms with Crippen molar-refractivity contribution in [1.29, 1.82) is 0 Å². The third kappa shape index (κ3) is 2.91. The first-order valence-electron chi connectivity index (χ1n) is 3.44. The Morgan fingerprint density at radius 1 is 1.20 bits per heavy atom. The van der Waals surface area contributed by atoms with E-state index in [0.717, 1.165) is 12.1 Å². The van der Waals surface area contributed by atoms with Crippen LogP contribution in [0.25, 0.3) is 0 Å². The summed E-state index contributed by atoms with van der Waals surface area (Å²) in [5.41, 5.74) is -1.23. The maximum atomic E-state index is 12.4. The van der Waals surface area contributed by atoms with Gasteiger partial charge in [-0.15, -0.1) is 3.89 Å². The highest BCUT2D eigenvalue weighted by atomic mass is 79.9. The topological polar surface area (TPSA) is 34.1 Å². The van der Waals surface area contributed by atoms with E-state index >= 15 is 0 Å². The molecule has 0 atom stereocenters. The van der Waals surface area contributed by atoms with Crippen LogP contribution in [0.1, 0.15) is 5.56 Å². The number of hydrogen-bond acceptors (Lipinski definition) is 2. The molecule has 0 saturated carbocycles. The highest BCUT2D eigenvalue weighted by Gasteiger charge is 2.34. The lowest BCUT2D eigenvalue weighted by Crippen LogP contribution is -2.07. The first-order valence-corrected chi connectivity index (χ1v) is 5.61. The van der Waals surface area contributed by atoms with Gasteiger partial charge in [0.1, 0.15) is 0 Å². The molecular formula is C7H3BrF4O2S. The van der Waals surface area contributed by atoms with Gasteiger partial charge in [0.25, 0.3) is 0 Å². The molecule has 0 spiro atoms. The quantitative estimate of drug-likeness (QED) is 0.590. The largest absolute Gasteiger partial charge is 0.417 e. The number of rotatable bonds is 1. The van der Waals surface area contributed by atoms with Crippen molar-refractivity contribution in [2.45, 2.75) is 11.1 Å². The molecule has 15 heavy (non-hydrogen) atoms. The fourth-order valence-electron chi connectivity index (χ4n) is 0.873. The molecule has 1 rings (SSSR count). The fraction of sp³-hybridized carbons (Fsp3) is 0.143. The van der Waals surface area contributed by atoms with Crippen molar-refractivity contribution < 1.29 is 25.5 Å². The van der Waals surface area contributed by atoms with Crippen molar-refractivity contribution in [1.82, 2.24) is 0 Å². The second kappa shape index (κ2) is 3.75. The number of hydrogen-bond donors (Lipinski definition) is 0. The lowest BCUT2D eigenvalue weighted by molar-refractivity contribution is -0.138. The summed E-state index contributed by atoms with van der Waals surface area (Å²) in [6.07, 6.45) is -4.74. The van der Waals surface area contributed by atoms with Crippen LogP contribution in [0.5, 0.6) is 0 Å². The molecule has 0 fully saturated rings. The molecule has 0 aliphatic rings. The van der Waals surface area contributed by atoms with Gasteiger partial charge >= 0.3 is 16.4 Å². The van der Waals surface area contributed by atoms with Crippen LogP contribution >= 0.6 is 15.9 Å². The molecule has 0 radical (unpaired) electrons. The summed E-state index contributed by atoms with van der Waals surface area (Å²) in [5.74, 6) is 0. The first-order chi connectivity index (χ1) is 6.62. The molecule has 0 aliphatic carbocycles. The molecule has 1 aromatic carbocycles. The Hall–Kier alpha value is -0.630. The van der Waals surface area contributed by atoms with Gasteiger partial charge in [0.15, 0.2) is 0 Å². The van der Waals surface area contributed by atoms with Crippen LogP contribution in [0.4, 0.5) is 17.1 Å². The van der Waals surface area contributed by atoms with Gasteiger partial charge in [-0.1, -0.05) is 15.9 Å². The van der Waals surface area contributed by atoms with Crippen LogP contribution in [-0.4, -0.2) is 8.42 Å². The van der Waals surface area contributed by atoms with E-state index < -0.39 is 26.9 Å². The number of alkyl halides is 3. The molecule has 2 nitrogen and oxygen atoms in total. The summed E-state index contributed by atoms with van der Waals surface area (Å²) in [5, 5.41) is 0. The fourth-order valence-corrected chi connectivity index (χ4v) is 1.83. The third-order valence-corrected chi connectivity index (χ3v) is 3.03. The molecule has 0 amide bonds. The van der Waals surface area contributed by atoms with E-state index in [4.69, 9.17) is 0 Å². The Kier molecular flexibility index (Phi) is 3.11. The first kappa shape index (κ1) is 12.4. The van der Waals surface area contributed by atoms with Crippen LogP contribution in [-0.2, 0) is 16.4 Å². The minimum Gasteiger partial charge on any atom is -0.189 e. The van der Waals surface area contributed by atoms with Gasteiger partial charge in [-0.25, -0.2) is 0 Å². The monoisotopic (exact) mass is 306 g/mol. The van der Waals surface area contributed by atoms with Crippen LogP contribution in [0.15, 0.2) is 27.6 Å². The molecule has 8 heteroatoms. The molecular weight excluding hydrogens is 304 g/mol. The van der Waals surface area contributed by atoms with Crippen molar-refractivity contribution in [2.75, 3.05) is 0 Å². The molecule has 0 aliphatic heterocycles. The summed E-state index contributed by atoms with van der Waals surface area (Å²) in [4.78, 5) is -1.02. The van der Waals surface area contributed by atoms with Crippen molar-refractivity contribution >= 4 is 26.2 Å². The van der Waals surface area contributed by atoms with Crippen molar-refractivity contribution in [3.63, 3.8) is 0 Å². The van der Waals surface area contributed by atoms with Crippen LogP contribution in [0.2, 0.25) is 0 Å². The summed E-state index contributed by atoms with van der Waals surface area (Å²) < 4.78 is 69.6. The molecule has 84 valence electrons. The Morgan fingerprint density at radius 2 is 1.73 bits per heavy atom. The molecule has 0 heterocycles. The zero-order valence-corrected chi connectivity index (χ0v) is 9.25. The Labute approximate surface area is 91.2 Å². The van der Waals surface area contributed by atoms with E-state index in [1.807, 2.05) is 0 Å². The summed E-state index contributed by atoms with van der Waals surface area (Å²) in [6, 6.07) is 1.81. The van der Waals surface area contributed by atoms with E-state index in [1.165, 1.54) is 0 Å². The average molecular weight is 307 g/mol. The van der Waals surface area contributed by atoms with Crippen LogP contribution in [0, 0.1) is 0 Å². The van der Waals surface area contributed by atoms with Gasteiger partial charge in [-0.05, 0) is 18.2 Å². The Morgan fingerprint density at radius 3 is 2.13 bits per heavy atom. The van der Waals surface area contributed by atoms with Gasteiger partial charge in [0.05, 0.1) is 10.5 Å². The normalized spacial score (nSPS) is 12.9. The maximum Gasteiger partial charge on any atom is 0.417 e. The number of benzene rings is 1. The Balaban J connectivity index is 3.43. The van der Waals surface area contributed by atoms with Crippen molar-refractivity contribution in [2.24, 2.45) is 0 Å². The lowest BCUT2D eigenvalue weighted by Gasteiger charge is -2.09. The summed E-state index contributed by atoms with van der Waals surface area (Å²) in [6.45, 7) is 0. The molecule has 0 saturated heterocycles. The van der Waals surface area contributed by atoms with Gasteiger partial charge in [0.2, 0.25) is 0 Å². The van der Waals surface area contributed by atoms with Gasteiger partial charge in [0, 0.05) is 4.47 Å². The highest BCUT2D eigenvalue weighted by molar-refractivity contribution is 9.10. The third-order valence-electron chi connectivity index (χ3n) is 1.52. The van der Waals surface area contributed by atoms with Crippen LogP contribution < -0.4 is 0 Å². The Bertz CT molecular complexity index is 480. The zero-order chi connectivity index (χ0) is 11.9. The van der Waals surface area contributed by atoms with Crippen LogP contribution in [0.3, 0.4) is 0 Å². The second-order valence-corrected chi connectivity index (χ2v) is 4.78. The van der Waals surface area contributed by atoms with E-state index in [2.05, 4.69) is 15.9 Å². The van der Waals surface area contributed by atoms with E-state index in [1.54, 1.807) is 0 Å². The highest BCUT2D eigenvalue weighted by Crippen LogP contribution is 2.36. The van der Waals surface area contributed by atoms with Gasteiger partial charge in [-0.3, -0.25) is 0 Å². The molecule has 0 unspecified atom stereocenters. The predicted molar refractivity (Wildman–Crippen MR) is 47.4 cm³/mol. The van der Waals surface area contributed by atoms with Crippen molar-refractivity contribution in [3.05, 3.63) is 28.2 Å². The minimum absolute atomic E-state index is 0.236. The molecule has 0 bridgehead atoms. The van der Waals surface area contributed by atoms with E-state index in [-0.39, 0.29) is 10.5 Å².